The maximum absolute atomic E-state index is 12.7. The Balaban J connectivity index is 1.75. The molecule has 0 aliphatic carbocycles. The van der Waals surface area contributed by atoms with Crippen LogP contribution in [-0.2, 0) is 4.74 Å². The van der Waals surface area contributed by atoms with Crippen molar-refractivity contribution in [3.05, 3.63) is 60.2 Å². The van der Waals surface area contributed by atoms with E-state index < -0.39 is 0 Å². The molecule has 0 bridgehead atoms. The van der Waals surface area contributed by atoms with Crippen LogP contribution in [0.2, 0.25) is 0 Å². The zero-order valence-corrected chi connectivity index (χ0v) is 13.4. The van der Waals surface area contributed by atoms with Crippen LogP contribution >= 0.6 is 0 Å². The zero-order chi connectivity index (χ0) is 16.2. The molecule has 2 aromatic carbocycles. The van der Waals surface area contributed by atoms with Gasteiger partial charge in [0.1, 0.15) is 11.5 Å². The number of carbonyl (C=O) groups excluding carboxylic acids is 1. The second kappa shape index (κ2) is 6.84. The Morgan fingerprint density at radius 3 is 2.35 bits per heavy atom. The van der Waals surface area contributed by atoms with Crippen LogP contribution in [0, 0.1) is 0 Å². The summed E-state index contributed by atoms with van der Waals surface area (Å²) in [7, 11) is 0. The number of ether oxygens (including phenoxy) is 2. The van der Waals surface area contributed by atoms with E-state index in [9.17, 15) is 4.79 Å². The van der Waals surface area contributed by atoms with Gasteiger partial charge in [0.25, 0.3) is 5.91 Å². The zero-order valence-electron chi connectivity index (χ0n) is 13.4. The fraction of sp³-hybridized carbons (Fsp3) is 0.316. The molecule has 1 amide bonds. The Kier molecular flexibility index (Phi) is 4.63. The molecular formula is C19H21NO3. The number of hydrogen-bond acceptors (Lipinski definition) is 3. The molecule has 0 unspecified atom stereocenters. The monoisotopic (exact) mass is 311 g/mol. The molecule has 1 heterocycles. The van der Waals surface area contributed by atoms with Crippen LogP contribution in [0.1, 0.15) is 24.2 Å². The summed E-state index contributed by atoms with van der Waals surface area (Å²) >= 11 is 0. The van der Waals surface area contributed by atoms with Crippen molar-refractivity contribution < 1.29 is 14.3 Å². The van der Waals surface area contributed by atoms with Crippen molar-refractivity contribution in [3.63, 3.8) is 0 Å². The summed E-state index contributed by atoms with van der Waals surface area (Å²) in [6.07, 6.45) is 0.123. The molecule has 0 spiro atoms. The molecule has 0 N–H and O–H groups in total. The molecule has 4 nitrogen and oxygen atoms in total. The lowest BCUT2D eigenvalue weighted by Crippen LogP contribution is -2.48. The standard InChI is InChI=1S/C19H21NO3/c1-14-12-20(13-15(2)22-14)19(21)16-7-6-10-18(11-16)23-17-8-4-3-5-9-17/h3-11,14-15H,12-13H2,1-2H3/t14-,15+. The number of rotatable bonds is 3. The lowest BCUT2D eigenvalue weighted by molar-refractivity contribution is -0.0586. The van der Waals surface area contributed by atoms with Crippen molar-refractivity contribution in [2.24, 2.45) is 0 Å². The number of nitrogens with zero attached hydrogens (tertiary/aromatic N) is 1. The van der Waals surface area contributed by atoms with Gasteiger partial charge in [-0.1, -0.05) is 24.3 Å². The summed E-state index contributed by atoms with van der Waals surface area (Å²) in [5, 5.41) is 0. The molecule has 120 valence electrons. The third-order valence-electron chi connectivity index (χ3n) is 3.77. The predicted octanol–water partition coefficient (Wildman–Crippen LogP) is 3.73. The lowest BCUT2D eigenvalue weighted by atomic mass is 10.1. The highest BCUT2D eigenvalue weighted by molar-refractivity contribution is 5.94. The van der Waals surface area contributed by atoms with Crippen LogP contribution < -0.4 is 4.74 Å². The first-order valence-electron chi connectivity index (χ1n) is 7.89. The Labute approximate surface area is 136 Å². The van der Waals surface area contributed by atoms with Gasteiger partial charge in [-0.25, -0.2) is 0 Å². The molecule has 0 saturated carbocycles. The second-order valence-corrected chi connectivity index (χ2v) is 5.91. The van der Waals surface area contributed by atoms with Gasteiger partial charge in [0.15, 0.2) is 0 Å². The van der Waals surface area contributed by atoms with Gasteiger partial charge in [-0.15, -0.1) is 0 Å². The van der Waals surface area contributed by atoms with Crippen molar-refractivity contribution in [1.29, 1.82) is 0 Å². The molecule has 2 atom stereocenters. The van der Waals surface area contributed by atoms with E-state index in [0.29, 0.717) is 24.4 Å². The van der Waals surface area contributed by atoms with Gasteiger partial charge in [-0.3, -0.25) is 4.79 Å². The minimum atomic E-state index is 0.0190. The fourth-order valence-corrected chi connectivity index (χ4v) is 2.84. The van der Waals surface area contributed by atoms with Gasteiger partial charge >= 0.3 is 0 Å². The molecular weight excluding hydrogens is 290 g/mol. The molecule has 2 aromatic rings. The normalized spacial score (nSPS) is 21.0. The largest absolute Gasteiger partial charge is 0.457 e. The van der Waals surface area contributed by atoms with Crippen LogP contribution in [0.4, 0.5) is 0 Å². The van der Waals surface area contributed by atoms with E-state index >= 15 is 0 Å². The summed E-state index contributed by atoms with van der Waals surface area (Å²) in [6, 6.07) is 16.9. The Hall–Kier alpha value is -2.33. The predicted molar refractivity (Wildman–Crippen MR) is 88.9 cm³/mol. The SMILES string of the molecule is C[C@@H]1CN(C(=O)c2cccc(Oc3ccccc3)c2)C[C@H](C)O1. The van der Waals surface area contributed by atoms with E-state index in [4.69, 9.17) is 9.47 Å². The quantitative estimate of drug-likeness (QED) is 0.867. The highest BCUT2D eigenvalue weighted by Gasteiger charge is 2.26. The number of amides is 1. The van der Waals surface area contributed by atoms with Crippen molar-refractivity contribution in [1.82, 2.24) is 4.90 Å². The summed E-state index contributed by atoms with van der Waals surface area (Å²) < 4.78 is 11.5. The van der Waals surface area contributed by atoms with Gasteiger partial charge in [-0.05, 0) is 44.2 Å². The van der Waals surface area contributed by atoms with Gasteiger partial charge in [0.05, 0.1) is 12.2 Å². The third-order valence-corrected chi connectivity index (χ3v) is 3.77. The van der Waals surface area contributed by atoms with Crippen molar-refractivity contribution in [2.75, 3.05) is 13.1 Å². The molecule has 1 saturated heterocycles. The van der Waals surface area contributed by atoms with Gasteiger partial charge < -0.3 is 14.4 Å². The first-order chi connectivity index (χ1) is 11.1. The molecule has 23 heavy (non-hydrogen) atoms. The second-order valence-electron chi connectivity index (χ2n) is 5.91. The molecule has 3 rings (SSSR count). The van der Waals surface area contributed by atoms with E-state index in [1.165, 1.54) is 0 Å². The van der Waals surface area contributed by atoms with Crippen molar-refractivity contribution in [2.45, 2.75) is 26.1 Å². The fourth-order valence-electron chi connectivity index (χ4n) is 2.84. The third kappa shape index (κ3) is 3.90. The Morgan fingerprint density at radius 2 is 1.65 bits per heavy atom. The average Bonchev–Trinajstić information content (AvgIpc) is 2.54. The van der Waals surface area contributed by atoms with E-state index in [1.807, 2.05) is 67.3 Å². The summed E-state index contributed by atoms with van der Waals surface area (Å²) in [6.45, 7) is 5.22. The molecule has 4 heteroatoms. The van der Waals surface area contributed by atoms with E-state index in [0.717, 1.165) is 5.75 Å². The first-order valence-corrected chi connectivity index (χ1v) is 7.89. The van der Waals surface area contributed by atoms with Crippen molar-refractivity contribution in [3.8, 4) is 11.5 Å². The number of morpholine rings is 1. The van der Waals surface area contributed by atoms with Crippen LogP contribution in [0.25, 0.3) is 0 Å². The highest BCUT2D eigenvalue weighted by Crippen LogP contribution is 2.23. The number of hydrogen-bond donors (Lipinski definition) is 0. The van der Waals surface area contributed by atoms with Gasteiger partial charge in [0.2, 0.25) is 0 Å². The maximum atomic E-state index is 12.7. The summed E-state index contributed by atoms with van der Waals surface area (Å²) in [5.41, 5.74) is 0.639. The van der Waals surface area contributed by atoms with Crippen LogP contribution in [-0.4, -0.2) is 36.1 Å². The Bertz CT molecular complexity index is 661. The minimum absolute atomic E-state index is 0.0190. The summed E-state index contributed by atoms with van der Waals surface area (Å²) in [5.74, 6) is 1.44. The van der Waals surface area contributed by atoms with E-state index in [1.54, 1.807) is 6.07 Å². The smallest absolute Gasteiger partial charge is 0.254 e. The lowest BCUT2D eigenvalue weighted by Gasteiger charge is -2.35. The van der Waals surface area contributed by atoms with Crippen LogP contribution in [0.5, 0.6) is 11.5 Å². The molecule has 0 radical (unpaired) electrons. The molecule has 0 aromatic heterocycles. The topological polar surface area (TPSA) is 38.8 Å². The van der Waals surface area contributed by atoms with Crippen LogP contribution in [0.3, 0.4) is 0 Å². The van der Waals surface area contributed by atoms with Gasteiger partial charge in [-0.2, -0.15) is 0 Å². The summed E-state index contributed by atoms with van der Waals surface area (Å²) in [4.78, 5) is 14.6. The first kappa shape index (κ1) is 15.6. The molecule has 1 fully saturated rings. The Morgan fingerprint density at radius 1 is 1.00 bits per heavy atom. The van der Waals surface area contributed by atoms with Crippen molar-refractivity contribution >= 4 is 5.91 Å². The number of carbonyl (C=O) groups is 1. The average molecular weight is 311 g/mol. The minimum Gasteiger partial charge on any atom is -0.457 e. The highest BCUT2D eigenvalue weighted by atomic mass is 16.5. The van der Waals surface area contributed by atoms with Crippen LogP contribution in [0.15, 0.2) is 54.6 Å². The maximum Gasteiger partial charge on any atom is 0.254 e. The molecule has 1 aliphatic heterocycles. The van der Waals surface area contributed by atoms with E-state index in [-0.39, 0.29) is 18.1 Å². The number of para-hydroxylation sites is 1. The van der Waals surface area contributed by atoms with Gasteiger partial charge in [0, 0.05) is 18.7 Å². The van der Waals surface area contributed by atoms with E-state index in [2.05, 4.69) is 0 Å². The molecule has 1 aliphatic rings. The number of benzene rings is 2.